The van der Waals surface area contributed by atoms with E-state index in [-0.39, 0.29) is 5.78 Å². The molecule has 0 saturated heterocycles. The molecule has 0 radical (unpaired) electrons. The first kappa shape index (κ1) is 12.5. The van der Waals surface area contributed by atoms with E-state index in [1.54, 1.807) is 17.1 Å². The van der Waals surface area contributed by atoms with Crippen molar-refractivity contribution in [3.8, 4) is 0 Å². The van der Waals surface area contributed by atoms with Crippen molar-refractivity contribution in [1.29, 1.82) is 0 Å². The van der Waals surface area contributed by atoms with E-state index in [2.05, 4.69) is 5.10 Å². The lowest BCUT2D eigenvalue weighted by Gasteiger charge is -2.09. The first-order chi connectivity index (χ1) is 8.70. The molecular formula is C14H17N3O. The Morgan fingerprint density at radius 2 is 2.11 bits per heavy atom. The molecule has 18 heavy (non-hydrogen) atoms. The predicted molar refractivity (Wildman–Crippen MR) is 70.4 cm³/mol. The number of hydrogen-bond acceptors (Lipinski definition) is 3. The van der Waals surface area contributed by atoms with Crippen LogP contribution in [0.1, 0.15) is 22.8 Å². The van der Waals surface area contributed by atoms with Crippen LogP contribution in [0.15, 0.2) is 42.7 Å². The van der Waals surface area contributed by atoms with Crippen molar-refractivity contribution < 1.29 is 4.79 Å². The number of carbonyl (C=O) groups is 1. The fourth-order valence-corrected chi connectivity index (χ4v) is 1.84. The molecule has 0 saturated carbocycles. The van der Waals surface area contributed by atoms with Gasteiger partial charge in [0.15, 0.2) is 5.78 Å². The van der Waals surface area contributed by atoms with Gasteiger partial charge in [0.25, 0.3) is 0 Å². The lowest BCUT2D eigenvalue weighted by molar-refractivity contribution is 0.0961. The van der Waals surface area contributed by atoms with E-state index in [0.29, 0.717) is 12.0 Å². The van der Waals surface area contributed by atoms with Crippen LogP contribution in [0.2, 0.25) is 0 Å². The van der Waals surface area contributed by atoms with Crippen LogP contribution in [0.25, 0.3) is 0 Å². The fraction of sp³-hybridized carbons (Fsp3) is 0.286. The number of aromatic nitrogens is 2. The molecule has 1 aromatic heterocycles. The van der Waals surface area contributed by atoms with E-state index >= 15 is 0 Å². The number of hydrogen-bond donors (Lipinski definition) is 1. The van der Waals surface area contributed by atoms with Crippen molar-refractivity contribution in [1.82, 2.24) is 9.78 Å². The van der Waals surface area contributed by atoms with Gasteiger partial charge in [-0.15, -0.1) is 0 Å². The Bertz CT molecular complexity index is 519. The first-order valence-electron chi connectivity index (χ1n) is 6.07. The highest BCUT2D eigenvalue weighted by Gasteiger charge is 2.17. The average Bonchev–Trinajstić information content (AvgIpc) is 2.87. The number of aryl methyl sites for hydroxylation is 1. The molecule has 1 atom stereocenters. The molecule has 0 fully saturated rings. The van der Waals surface area contributed by atoms with Crippen molar-refractivity contribution in [2.75, 3.05) is 0 Å². The molecule has 0 bridgehead atoms. The summed E-state index contributed by atoms with van der Waals surface area (Å²) in [6.07, 6.45) is 3.88. The zero-order valence-corrected chi connectivity index (χ0v) is 10.4. The summed E-state index contributed by atoms with van der Waals surface area (Å²) < 4.78 is 1.72. The van der Waals surface area contributed by atoms with Crippen LogP contribution < -0.4 is 5.73 Å². The predicted octanol–water partition coefficient (Wildman–Crippen LogP) is 1.66. The van der Waals surface area contributed by atoms with Crippen molar-refractivity contribution in [2.24, 2.45) is 5.73 Å². The van der Waals surface area contributed by atoms with Gasteiger partial charge in [0.05, 0.1) is 17.8 Å². The molecule has 1 heterocycles. The molecule has 2 rings (SSSR count). The normalized spacial score (nSPS) is 12.3. The molecular weight excluding hydrogens is 226 g/mol. The molecule has 0 spiro atoms. The summed E-state index contributed by atoms with van der Waals surface area (Å²) in [6.45, 7) is 2.73. The largest absolute Gasteiger partial charge is 0.321 e. The summed E-state index contributed by atoms with van der Waals surface area (Å²) in [5.41, 5.74) is 7.60. The Hall–Kier alpha value is -1.94. The maximum atomic E-state index is 12.1. The summed E-state index contributed by atoms with van der Waals surface area (Å²) in [4.78, 5) is 12.1. The van der Waals surface area contributed by atoms with Gasteiger partial charge in [0.2, 0.25) is 0 Å². The van der Waals surface area contributed by atoms with Crippen molar-refractivity contribution in [3.05, 3.63) is 53.9 Å². The number of Topliss-reactive ketones (excluding diaryl/α,β-unsaturated/α-hetero) is 1. The molecule has 0 aliphatic rings. The van der Waals surface area contributed by atoms with Crippen molar-refractivity contribution in [2.45, 2.75) is 25.9 Å². The van der Waals surface area contributed by atoms with Crippen molar-refractivity contribution in [3.63, 3.8) is 0 Å². The maximum Gasteiger partial charge on any atom is 0.182 e. The van der Waals surface area contributed by atoms with Crippen LogP contribution >= 0.6 is 0 Å². The molecule has 0 aliphatic heterocycles. The van der Waals surface area contributed by atoms with Crippen molar-refractivity contribution >= 4 is 5.78 Å². The van der Waals surface area contributed by atoms with Gasteiger partial charge in [0.1, 0.15) is 0 Å². The van der Waals surface area contributed by atoms with Gasteiger partial charge < -0.3 is 5.73 Å². The number of ketones is 1. The highest BCUT2D eigenvalue weighted by molar-refractivity contribution is 5.99. The minimum atomic E-state index is -0.512. The van der Waals surface area contributed by atoms with Gasteiger partial charge in [-0.05, 0) is 18.9 Å². The topological polar surface area (TPSA) is 60.9 Å². The van der Waals surface area contributed by atoms with E-state index in [4.69, 9.17) is 5.73 Å². The molecule has 1 aromatic carbocycles. The van der Waals surface area contributed by atoms with Crippen LogP contribution in [-0.4, -0.2) is 21.6 Å². The van der Waals surface area contributed by atoms with Gasteiger partial charge in [-0.2, -0.15) is 5.10 Å². The molecule has 1 unspecified atom stereocenters. The molecule has 94 valence electrons. The molecule has 0 amide bonds. The SMILES string of the molecule is CCn1cc(C(=O)C(N)Cc2ccccc2)cn1. The molecule has 2 aromatic rings. The lowest BCUT2D eigenvalue weighted by atomic mass is 10.0. The third-order valence-electron chi connectivity index (χ3n) is 2.88. The summed E-state index contributed by atoms with van der Waals surface area (Å²) in [6, 6.07) is 9.28. The van der Waals surface area contributed by atoms with Crippen LogP contribution in [0, 0.1) is 0 Å². The lowest BCUT2D eigenvalue weighted by Crippen LogP contribution is -2.32. The van der Waals surface area contributed by atoms with Crippen LogP contribution in [-0.2, 0) is 13.0 Å². The second kappa shape index (κ2) is 5.60. The standard InChI is InChI=1S/C14H17N3O/c1-2-17-10-12(9-16-17)14(18)13(15)8-11-6-4-3-5-7-11/h3-7,9-10,13H,2,8,15H2,1H3. The number of benzene rings is 1. The Morgan fingerprint density at radius 3 is 2.72 bits per heavy atom. The fourth-order valence-electron chi connectivity index (χ4n) is 1.84. The molecule has 4 nitrogen and oxygen atoms in total. The average molecular weight is 243 g/mol. The highest BCUT2D eigenvalue weighted by Crippen LogP contribution is 2.07. The molecule has 4 heteroatoms. The van der Waals surface area contributed by atoms with Crippen LogP contribution in [0.4, 0.5) is 0 Å². The number of rotatable bonds is 5. The van der Waals surface area contributed by atoms with E-state index in [1.165, 1.54) is 0 Å². The third kappa shape index (κ3) is 2.84. The highest BCUT2D eigenvalue weighted by atomic mass is 16.1. The van der Waals surface area contributed by atoms with Gasteiger partial charge in [-0.3, -0.25) is 9.48 Å². The van der Waals surface area contributed by atoms with Gasteiger partial charge in [-0.25, -0.2) is 0 Å². The number of carbonyl (C=O) groups excluding carboxylic acids is 1. The Balaban J connectivity index is 2.05. The van der Waals surface area contributed by atoms with E-state index in [1.807, 2.05) is 37.3 Å². The summed E-state index contributed by atoms with van der Waals surface area (Å²) in [7, 11) is 0. The number of nitrogens with two attached hydrogens (primary N) is 1. The minimum absolute atomic E-state index is 0.0569. The summed E-state index contributed by atoms with van der Waals surface area (Å²) in [5, 5.41) is 4.09. The summed E-state index contributed by atoms with van der Waals surface area (Å²) in [5.74, 6) is -0.0569. The molecule has 0 aliphatic carbocycles. The first-order valence-corrected chi connectivity index (χ1v) is 6.07. The minimum Gasteiger partial charge on any atom is -0.321 e. The second-order valence-corrected chi connectivity index (χ2v) is 4.25. The Morgan fingerprint density at radius 1 is 1.39 bits per heavy atom. The third-order valence-corrected chi connectivity index (χ3v) is 2.88. The van der Waals surface area contributed by atoms with E-state index in [0.717, 1.165) is 12.1 Å². The number of nitrogens with zero attached hydrogens (tertiary/aromatic N) is 2. The zero-order valence-electron chi connectivity index (χ0n) is 10.4. The Labute approximate surface area is 106 Å². The van der Waals surface area contributed by atoms with Crippen LogP contribution in [0.5, 0.6) is 0 Å². The molecule has 2 N–H and O–H groups in total. The summed E-state index contributed by atoms with van der Waals surface area (Å²) >= 11 is 0. The van der Waals surface area contributed by atoms with E-state index in [9.17, 15) is 4.79 Å². The van der Waals surface area contributed by atoms with Crippen LogP contribution in [0.3, 0.4) is 0 Å². The van der Waals surface area contributed by atoms with Gasteiger partial charge >= 0.3 is 0 Å². The Kier molecular flexibility index (Phi) is 3.89. The van der Waals surface area contributed by atoms with Gasteiger partial charge in [-0.1, -0.05) is 30.3 Å². The monoisotopic (exact) mass is 243 g/mol. The zero-order chi connectivity index (χ0) is 13.0. The van der Waals surface area contributed by atoms with Gasteiger partial charge in [0, 0.05) is 12.7 Å². The maximum absolute atomic E-state index is 12.1. The second-order valence-electron chi connectivity index (χ2n) is 4.25. The smallest absolute Gasteiger partial charge is 0.182 e. The quantitative estimate of drug-likeness (QED) is 0.812. The van der Waals surface area contributed by atoms with E-state index < -0.39 is 6.04 Å².